The number of urea groups is 1. The fourth-order valence-electron chi connectivity index (χ4n) is 1.75. The zero-order valence-electron chi connectivity index (χ0n) is 10.3. The molecule has 1 aliphatic heterocycles. The second-order valence-corrected chi connectivity index (χ2v) is 4.37. The first kappa shape index (κ1) is 13.0. The molecule has 0 aromatic heterocycles. The zero-order chi connectivity index (χ0) is 12.1. The first-order valence-corrected chi connectivity index (χ1v) is 5.79. The summed E-state index contributed by atoms with van der Waals surface area (Å²) in [5.74, 6) is -0.0748. The number of unbranched alkanes of at least 4 members (excludes halogenated alkanes) is 1. The van der Waals surface area contributed by atoms with Crippen LogP contribution in [-0.4, -0.2) is 55.0 Å². The molecule has 0 aliphatic carbocycles. The van der Waals surface area contributed by atoms with Gasteiger partial charge in [0.15, 0.2) is 0 Å². The van der Waals surface area contributed by atoms with Gasteiger partial charge in [-0.1, -0.05) is 6.42 Å². The number of carbonyl (C=O) groups is 2. The van der Waals surface area contributed by atoms with Gasteiger partial charge < -0.3 is 10.2 Å². The molecule has 0 aromatic rings. The van der Waals surface area contributed by atoms with Gasteiger partial charge in [0.2, 0.25) is 5.91 Å². The molecule has 0 radical (unpaired) electrons. The van der Waals surface area contributed by atoms with Crippen molar-refractivity contribution in [3.63, 3.8) is 0 Å². The maximum absolute atomic E-state index is 11.5. The number of hydrogen-bond acceptors (Lipinski definition) is 3. The zero-order valence-corrected chi connectivity index (χ0v) is 10.3. The van der Waals surface area contributed by atoms with Crippen LogP contribution in [0.25, 0.3) is 0 Å². The monoisotopic (exact) mass is 227 g/mol. The van der Waals surface area contributed by atoms with Crippen molar-refractivity contribution in [1.82, 2.24) is 15.1 Å². The third-order valence-electron chi connectivity index (χ3n) is 2.99. The molecular weight excluding hydrogens is 206 g/mol. The number of nitrogens with zero attached hydrogens (tertiary/aromatic N) is 2. The highest BCUT2D eigenvalue weighted by Crippen LogP contribution is 2.10. The first-order valence-electron chi connectivity index (χ1n) is 5.79. The van der Waals surface area contributed by atoms with E-state index in [4.69, 9.17) is 0 Å². The van der Waals surface area contributed by atoms with Crippen LogP contribution in [0, 0.1) is 0 Å². The maximum atomic E-state index is 11.5. The minimum absolute atomic E-state index is 0.0748. The Morgan fingerprint density at radius 3 is 2.56 bits per heavy atom. The van der Waals surface area contributed by atoms with Crippen LogP contribution < -0.4 is 5.32 Å². The molecule has 0 aromatic carbocycles. The number of nitrogens with one attached hydrogen (secondary N) is 1. The van der Waals surface area contributed by atoms with E-state index < -0.39 is 0 Å². The Kier molecular flexibility index (Phi) is 4.73. The van der Waals surface area contributed by atoms with Gasteiger partial charge in [-0.05, 0) is 26.8 Å². The van der Waals surface area contributed by atoms with Gasteiger partial charge in [-0.2, -0.15) is 0 Å². The SMILES string of the molecule is CNC(C)CCCCN1C(=O)CN(C)C1=O. The fourth-order valence-corrected chi connectivity index (χ4v) is 1.75. The number of likely N-dealkylation sites (N-methyl/N-ethyl adjacent to an activating group) is 1. The van der Waals surface area contributed by atoms with Gasteiger partial charge in [0.05, 0.1) is 0 Å². The largest absolute Gasteiger partial charge is 0.326 e. The summed E-state index contributed by atoms with van der Waals surface area (Å²) in [6, 6.07) is 0.333. The van der Waals surface area contributed by atoms with Gasteiger partial charge in [0.1, 0.15) is 6.54 Å². The Hall–Kier alpha value is -1.10. The summed E-state index contributed by atoms with van der Waals surface area (Å²) in [6.07, 6.45) is 2.99. The highest BCUT2D eigenvalue weighted by atomic mass is 16.2. The van der Waals surface area contributed by atoms with E-state index in [-0.39, 0.29) is 18.5 Å². The molecule has 0 spiro atoms. The summed E-state index contributed by atoms with van der Waals surface area (Å²) in [7, 11) is 3.59. The van der Waals surface area contributed by atoms with Crippen molar-refractivity contribution in [3.8, 4) is 0 Å². The van der Waals surface area contributed by atoms with Gasteiger partial charge in [0.25, 0.3) is 0 Å². The molecule has 0 saturated carbocycles. The molecule has 1 saturated heterocycles. The predicted molar refractivity (Wildman–Crippen MR) is 62.1 cm³/mol. The summed E-state index contributed by atoms with van der Waals surface area (Å²) >= 11 is 0. The van der Waals surface area contributed by atoms with E-state index in [1.54, 1.807) is 7.05 Å². The van der Waals surface area contributed by atoms with Crippen LogP contribution in [0.3, 0.4) is 0 Å². The Morgan fingerprint density at radius 2 is 2.06 bits per heavy atom. The van der Waals surface area contributed by atoms with Crippen LogP contribution in [0.15, 0.2) is 0 Å². The molecule has 1 N–H and O–H groups in total. The molecule has 16 heavy (non-hydrogen) atoms. The highest BCUT2D eigenvalue weighted by molar-refractivity contribution is 6.01. The molecule has 5 heteroatoms. The van der Waals surface area contributed by atoms with E-state index in [1.165, 1.54) is 9.80 Å². The van der Waals surface area contributed by atoms with Crippen LogP contribution in [-0.2, 0) is 4.79 Å². The molecule has 3 amide bonds. The average Bonchev–Trinajstić information content (AvgIpc) is 2.49. The van der Waals surface area contributed by atoms with Crippen molar-refractivity contribution >= 4 is 11.9 Å². The minimum atomic E-state index is -0.160. The van der Waals surface area contributed by atoms with Crippen molar-refractivity contribution in [2.24, 2.45) is 0 Å². The quantitative estimate of drug-likeness (QED) is 0.535. The van der Waals surface area contributed by atoms with Gasteiger partial charge in [0, 0.05) is 19.6 Å². The Bertz CT molecular complexity index is 268. The predicted octanol–water partition coefficient (Wildman–Crippen LogP) is 0.659. The van der Waals surface area contributed by atoms with E-state index >= 15 is 0 Å². The molecule has 0 bridgehead atoms. The molecule has 1 aliphatic rings. The third kappa shape index (κ3) is 3.20. The van der Waals surface area contributed by atoms with E-state index in [9.17, 15) is 9.59 Å². The van der Waals surface area contributed by atoms with Crippen molar-refractivity contribution < 1.29 is 9.59 Å². The number of rotatable bonds is 6. The molecule has 92 valence electrons. The summed E-state index contributed by atoms with van der Waals surface area (Å²) in [4.78, 5) is 25.8. The Labute approximate surface area is 96.8 Å². The topological polar surface area (TPSA) is 52.7 Å². The third-order valence-corrected chi connectivity index (χ3v) is 2.99. The Morgan fingerprint density at radius 1 is 1.38 bits per heavy atom. The molecule has 1 heterocycles. The lowest BCUT2D eigenvalue weighted by Crippen LogP contribution is -2.32. The van der Waals surface area contributed by atoms with Gasteiger partial charge in [-0.25, -0.2) is 4.79 Å². The van der Waals surface area contributed by atoms with Crippen molar-refractivity contribution in [2.75, 3.05) is 27.2 Å². The minimum Gasteiger partial charge on any atom is -0.318 e. The van der Waals surface area contributed by atoms with Crippen molar-refractivity contribution in [2.45, 2.75) is 32.2 Å². The lowest BCUT2D eigenvalue weighted by atomic mass is 10.1. The van der Waals surface area contributed by atoms with Gasteiger partial charge in [-0.15, -0.1) is 0 Å². The molecule has 1 fully saturated rings. The molecule has 5 nitrogen and oxygen atoms in total. The number of amides is 3. The molecule has 1 atom stereocenters. The lowest BCUT2D eigenvalue weighted by Gasteiger charge is -2.14. The highest BCUT2D eigenvalue weighted by Gasteiger charge is 2.32. The normalized spacial score (nSPS) is 18.4. The van der Waals surface area contributed by atoms with E-state index in [0.29, 0.717) is 12.6 Å². The summed E-state index contributed by atoms with van der Waals surface area (Å²) < 4.78 is 0. The van der Waals surface area contributed by atoms with E-state index in [2.05, 4.69) is 12.2 Å². The summed E-state index contributed by atoms with van der Waals surface area (Å²) in [6.45, 7) is 2.91. The van der Waals surface area contributed by atoms with Crippen LogP contribution in [0.2, 0.25) is 0 Å². The number of hydrogen-bond donors (Lipinski definition) is 1. The first-order chi connectivity index (χ1) is 7.56. The lowest BCUT2D eigenvalue weighted by molar-refractivity contribution is -0.125. The van der Waals surface area contributed by atoms with Crippen LogP contribution in [0.1, 0.15) is 26.2 Å². The standard InChI is InChI=1S/C11H21N3O2/c1-9(12-2)6-4-5-7-14-10(15)8-13(3)11(14)16/h9,12H,4-8H2,1-3H3. The van der Waals surface area contributed by atoms with Gasteiger partial charge >= 0.3 is 6.03 Å². The molecular formula is C11H21N3O2. The number of imide groups is 1. The van der Waals surface area contributed by atoms with Crippen molar-refractivity contribution in [1.29, 1.82) is 0 Å². The second kappa shape index (κ2) is 5.84. The van der Waals surface area contributed by atoms with Crippen LogP contribution >= 0.6 is 0 Å². The van der Waals surface area contributed by atoms with Crippen LogP contribution in [0.4, 0.5) is 4.79 Å². The maximum Gasteiger partial charge on any atom is 0.326 e. The summed E-state index contributed by atoms with van der Waals surface area (Å²) in [5, 5.41) is 3.16. The van der Waals surface area contributed by atoms with Gasteiger partial charge in [-0.3, -0.25) is 9.69 Å². The van der Waals surface area contributed by atoms with Crippen LogP contribution in [0.5, 0.6) is 0 Å². The van der Waals surface area contributed by atoms with E-state index in [0.717, 1.165) is 19.3 Å². The molecule has 1 rings (SSSR count). The number of carbonyl (C=O) groups excluding carboxylic acids is 2. The van der Waals surface area contributed by atoms with E-state index in [1.807, 2.05) is 7.05 Å². The smallest absolute Gasteiger partial charge is 0.318 e. The average molecular weight is 227 g/mol. The second-order valence-electron chi connectivity index (χ2n) is 4.37. The summed E-state index contributed by atoms with van der Waals surface area (Å²) in [5.41, 5.74) is 0. The Balaban J connectivity index is 2.23. The fraction of sp³-hybridized carbons (Fsp3) is 0.818. The van der Waals surface area contributed by atoms with Crippen molar-refractivity contribution in [3.05, 3.63) is 0 Å². The molecule has 1 unspecified atom stereocenters.